The van der Waals surface area contributed by atoms with Gasteiger partial charge in [0.15, 0.2) is 0 Å². The van der Waals surface area contributed by atoms with Crippen LogP contribution in [0.5, 0.6) is 0 Å². The third kappa shape index (κ3) is 7.03. The van der Waals surface area contributed by atoms with E-state index in [-0.39, 0.29) is 25.9 Å². The first-order chi connectivity index (χ1) is 8.92. The van der Waals surface area contributed by atoms with E-state index in [1.54, 1.807) is 13.8 Å². The second kappa shape index (κ2) is 8.91. The van der Waals surface area contributed by atoms with Gasteiger partial charge in [-0.3, -0.25) is 9.59 Å². The third-order valence-electron chi connectivity index (χ3n) is 2.43. The first kappa shape index (κ1) is 16.9. The van der Waals surface area contributed by atoms with Crippen molar-refractivity contribution in [1.29, 1.82) is 5.26 Å². The number of carbonyl (C=O) groups excluding carboxylic acids is 2. The lowest BCUT2D eigenvalue weighted by Crippen LogP contribution is -2.45. The number of ether oxygens (including phenoxy) is 1. The monoisotopic (exact) mass is 270 g/mol. The molecule has 0 spiro atoms. The fourth-order valence-electron chi connectivity index (χ4n) is 1.40. The summed E-state index contributed by atoms with van der Waals surface area (Å²) in [5, 5.41) is 19.8. The first-order valence-corrected chi connectivity index (χ1v) is 5.97. The Bertz CT molecular complexity index is 375. The van der Waals surface area contributed by atoms with Crippen LogP contribution in [-0.2, 0) is 19.1 Å². The van der Waals surface area contributed by atoms with Gasteiger partial charge in [0.2, 0.25) is 5.91 Å². The smallest absolute Gasteiger partial charge is 0.326 e. The highest BCUT2D eigenvalue weighted by atomic mass is 16.5. The molecule has 0 unspecified atom stereocenters. The van der Waals surface area contributed by atoms with Gasteiger partial charge < -0.3 is 15.2 Å². The van der Waals surface area contributed by atoms with E-state index in [9.17, 15) is 14.4 Å². The summed E-state index contributed by atoms with van der Waals surface area (Å²) in [7, 11) is 0. The SMILES string of the molecule is CCOC(=O)CCC(=O)N[C@H](C(=O)O)[C@H](C)CC#N. The summed E-state index contributed by atoms with van der Waals surface area (Å²) in [5.41, 5.74) is 0. The molecule has 7 nitrogen and oxygen atoms in total. The molecule has 0 radical (unpaired) electrons. The van der Waals surface area contributed by atoms with Crippen LogP contribution in [-0.4, -0.2) is 35.6 Å². The molecule has 2 N–H and O–H groups in total. The molecule has 0 aromatic rings. The number of hydrogen-bond acceptors (Lipinski definition) is 5. The first-order valence-electron chi connectivity index (χ1n) is 5.97. The molecular weight excluding hydrogens is 252 g/mol. The van der Waals surface area contributed by atoms with Crippen LogP contribution in [0.3, 0.4) is 0 Å². The van der Waals surface area contributed by atoms with Gasteiger partial charge in [-0.05, 0) is 6.92 Å². The molecule has 0 heterocycles. The number of esters is 1. The van der Waals surface area contributed by atoms with Gasteiger partial charge in [-0.25, -0.2) is 4.79 Å². The average Bonchev–Trinajstić information content (AvgIpc) is 2.33. The van der Waals surface area contributed by atoms with Gasteiger partial charge in [0, 0.05) is 18.8 Å². The molecule has 0 aliphatic rings. The van der Waals surface area contributed by atoms with Crippen molar-refractivity contribution in [3.8, 4) is 6.07 Å². The van der Waals surface area contributed by atoms with Gasteiger partial charge in [-0.2, -0.15) is 5.26 Å². The van der Waals surface area contributed by atoms with Crippen LogP contribution in [0.2, 0.25) is 0 Å². The largest absolute Gasteiger partial charge is 0.480 e. The highest BCUT2D eigenvalue weighted by molar-refractivity contribution is 5.85. The van der Waals surface area contributed by atoms with Gasteiger partial charge in [-0.1, -0.05) is 6.92 Å². The van der Waals surface area contributed by atoms with Crippen molar-refractivity contribution in [3.05, 3.63) is 0 Å². The number of carbonyl (C=O) groups is 3. The molecule has 1 amide bonds. The van der Waals surface area contributed by atoms with E-state index in [1.165, 1.54) is 0 Å². The summed E-state index contributed by atoms with van der Waals surface area (Å²) < 4.78 is 4.65. The Morgan fingerprint density at radius 2 is 2.00 bits per heavy atom. The summed E-state index contributed by atoms with van der Waals surface area (Å²) in [6.45, 7) is 3.45. The summed E-state index contributed by atoms with van der Waals surface area (Å²) in [6.07, 6.45) is -0.213. The van der Waals surface area contributed by atoms with Crippen LogP contribution in [0.4, 0.5) is 0 Å². The topological polar surface area (TPSA) is 116 Å². The Kier molecular flexibility index (Phi) is 7.93. The number of nitrogens with zero attached hydrogens (tertiary/aromatic N) is 1. The van der Waals surface area contributed by atoms with Gasteiger partial charge in [0.05, 0.1) is 19.1 Å². The second-order valence-electron chi connectivity index (χ2n) is 4.03. The predicted octanol–water partition coefficient (Wildman–Crippen LogP) is 0.449. The predicted molar refractivity (Wildman–Crippen MR) is 64.8 cm³/mol. The van der Waals surface area contributed by atoms with E-state index in [1.807, 2.05) is 6.07 Å². The second-order valence-corrected chi connectivity index (χ2v) is 4.03. The number of carboxylic acids is 1. The Morgan fingerprint density at radius 1 is 1.37 bits per heavy atom. The average molecular weight is 270 g/mol. The fourth-order valence-corrected chi connectivity index (χ4v) is 1.40. The van der Waals surface area contributed by atoms with E-state index in [4.69, 9.17) is 10.4 Å². The summed E-state index contributed by atoms with van der Waals surface area (Å²) in [6, 6.07) is 0.724. The van der Waals surface area contributed by atoms with Gasteiger partial charge in [0.25, 0.3) is 0 Å². The van der Waals surface area contributed by atoms with E-state index in [0.717, 1.165) is 0 Å². The lowest BCUT2D eigenvalue weighted by Gasteiger charge is -2.19. The minimum Gasteiger partial charge on any atom is -0.480 e. The molecule has 19 heavy (non-hydrogen) atoms. The molecule has 7 heteroatoms. The third-order valence-corrected chi connectivity index (χ3v) is 2.43. The number of amides is 1. The molecule has 0 fully saturated rings. The minimum atomic E-state index is -1.20. The zero-order valence-electron chi connectivity index (χ0n) is 11.0. The lowest BCUT2D eigenvalue weighted by molar-refractivity contribution is -0.145. The molecule has 0 saturated heterocycles. The number of rotatable bonds is 8. The van der Waals surface area contributed by atoms with Crippen LogP contribution in [0, 0.1) is 17.2 Å². The minimum absolute atomic E-state index is 0.0229. The maximum absolute atomic E-state index is 11.5. The number of hydrogen-bond donors (Lipinski definition) is 2. The Morgan fingerprint density at radius 3 is 2.47 bits per heavy atom. The van der Waals surface area contributed by atoms with E-state index in [0.29, 0.717) is 0 Å². The van der Waals surface area contributed by atoms with Crippen molar-refractivity contribution < 1.29 is 24.2 Å². The van der Waals surface area contributed by atoms with Crippen molar-refractivity contribution in [2.45, 2.75) is 39.2 Å². The van der Waals surface area contributed by atoms with Crippen LogP contribution in [0.1, 0.15) is 33.1 Å². The fraction of sp³-hybridized carbons (Fsp3) is 0.667. The number of carboxylic acid groups (broad SMARTS) is 1. The van der Waals surface area contributed by atoms with Crippen LogP contribution >= 0.6 is 0 Å². The van der Waals surface area contributed by atoms with E-state index >= 15 is 0 Å². The standard InChI is InChI=1S/C12H18N2O5/c1-3-19-10(16)5-4-9(15)14-11(12(17)18)8(2)6-7-13/h8,11H,3-6H2,1-2H3,(H,14,15)(H,17,18)/t8-,11+/m1/s1. The number of nitrogens with one attached hydrogen (secondary N) is 1. The summed E-state index contributed by atoms with van der Waals surface area (Å²) in [5.74, 6) is -2.76. The highest BCUT2D eigenvalue weighted by Crippen LogP contribution is 2.08. The molecule has 0 aliphatic heterocycles. The van der Waals surface area contributed by atoms with Crippen molar-refractivity contribution >= 4 is 17.8 Å². The number of nitriles is 1. The molecule has 0 aliphatic carbocycles. The zero-order chi connectivity index (χ0) is 14.8. The van der Waals surface area contributed by atoms with Crippen LogP contribution < -0.4 is 5.32 Å². The van der Waals surface area contributed by atoms with E-state index in [2.05, 4.69) is 10.1 Å². The normalized spacial score (nSPS) is 12.9. The van der Waals surface area contributed by atoms with Crippen molar-refractivity contribution in [1.82, 2.24) is 5.32 Å². The van der Waals surface area contributed by atoms with Crippen molar-refractivity contribution in [3.63, 3.8) is 0 Å². The van der Waals surface area contributed by atoms with Gasteiger partial charge in [-0.15, -0.1) is 0 Å². The van der Waals surface area contributed by atoms with E-state index < -0.39 is 29.8 Å². The van der Waals surface area contributed by atoms with Gasteiger partial charge >= 0.3 is 11.9 Å². The van der Waals surface area contributed by atoms with Crippen molar-refractivity contribution in [2.24, 2.45) is 5.92 Å². The Hall–Kier alpha value is -2.10. The molecular formula is C12H18N2O5. The Balaban J connectivity index is 4.29. The van der Waals surface area contributed by atoms with Crippen LogP contribution in [0.15, 0.2) is 0 Å². The number of aliphatic carboxylic acids is 1. The lowest BCUT2D eigenvalue weighted by atomic mass is 9.99. The van der Waals surface area contributed by atoms with Gasteiger partial charge in [0.1, 0.15) is 6.04 Å². The highest BCUT2D eigenvalue weighted by Gasteiger charge is 2.26. The Labute approximate surface area is 111 Å². The van der Waals surface area contributed by atoms with Crippen LogP contribution in [0.25, 0.3) is 0 Å². The quantitative estimate of drug-likeness (QED) is 0.618. The maximum Gasteiger partial charge on any atom is 0.326 e. The summed E-state index contributed by atoms with van der Waals surface area (Å²) in [4.78, 5) is 33.5. The zero-order valence-corrected chi connectivity index (χ0v) is 11.0. The van der Waals surface area contributed by atoms with Crippen molar-refractivity contribution in [2.75, 3.05) is 6.61 Å². The molecule has 0 aromatic heterocycles. The maximum atomic E-state index is 11.5. The molecule has 106 valence electrons. The summed E-state index contributed by atoms with van der Waals surface area (Å²) >= 11 is 0. The molecule has 0 aromatic carbocycles. The molecule has 2 atom stereocenters. The molecule has 0 bridgehead atoms. The molecule has 0 saturated carbocycles. The molecule has 0 rings (SSSR count).